The van der Waals surface area contributed by atoms with Crippen LogP contribution in [-0.2, 0) is 4.79 Å². The van der Waals surface area contributed by atoms with Gasteiger partial charge in [-0.25, -0.2) is 0 Å². The van der Waals surface area contributed by atoms with Crippen molar-refractivity contribution in [3.05, 3.63) is 29.6 Å². The molecule has 0 saturated heterocycles. The van der Waals surface area contributed by atoms with Gasteiger partial charge in [0.25, 0.3) is 6.47 Å². The number of aryl methyl sites for hydroxylation is 2. The van der Waals surface area contributed by atoms with E-state index in [1.54, 1.807) is 0 Å². The van der Waals surface area contributed by atoms with Crippen LogP contribution in [0.1, 0.15) is 11.4 Å². The minimum Gasteiger partial charge on any atom is -0.483 e. The molecule has 0 aromatic carbocycles. The van der Waals surface area contributed by atoms with Gasteiger partial charge in [-0.1, -0.05) is 6.07 Å². The fraction of sp³-hybridized carbons (Fsp3) is 0.250. The van der Waals surface area contributed by atoms with Gasteiger partial charge in [-0.2, -0.15) is 0 Å². The second kappa shape index (κ2) is 5.41. The highest BCUT2D eigenvalue weighted by Gasteiger charge is 1.82. The fourth-order valence-electron chi connectivity index (χ4n) is 0.679. The molecule has 3 nitrogen and oxygen atoms in total. The maximum Gasteiger partial charge on any atom is 0.290 e. The molecule has 1 aromatic rings. The van der Waals surface area contributed by atoms with Gasteiger partial charge in [0.05, 0.1) is 0 Å². The first-order valence-electron chi connectivity index (χ1n) is 3.19. The zero-order chi connectivity index (χ0) is 8.69. The summed E-state index contributed by atoms with van der Waals surface area (Å²) in [6.45, 7) is 3.74. The average Bonchev–Trinajstić information content (AvgIpc) is 1.88. The Labute approximate surface area is 65.7 Å². The molecule has 60 valence electrons. The Morgan fingerprint density at radius 3 is 1.91 bits per heavy atom. The lowest BCUT2D eigenvalue weighted by atomic mass is 10.3. The molecule has 11 heavy (non-hydrogen) atoms. The Morgan fingerprint density at radius 1 is 1.36 bits per heavy atom. The number of nitrogens with zero attached hydrogens (tertiary/aromatic N) is 1. The SMILES string of the molecule is Cc1cccc(C)n1.O=CO. The highest BCUT2D eigenvalue weighted by molar-refractivity contribution is 5.32. The van der Waals surface area contributed by atoms with Gasteiger partial charge in [-0.15, -0.1) is 0 Å². The van der Waals surface area contributed by atoms with E-state index >= 15 is 0 Å². The summed E-state index contributed by atoms with van der Waals surface area (Å²) in [5.41, 5.74) is 2.18. The number of rotatable bonds is 0. The Balaban J connectivity index is 0.000000292. The number of carboxylic acid groups (broad SMARTS) is 1. The summed E-state index contributed by atoms with van der Waals surface area (Å²) >= 11 is 0. The Bertz CT molecular complexity index is 206. The van der Waals surface area contributed by atoms with Crippen molar-refractivity contribution in [3.63, 3.8) is 0 Å². The predicted octanol–water partition coefficient (Wildman–Crippen LogP) is 1.40. The smallest absolute Gasteiger partial charge is 0.290 e. The predicted molar refractivity (Wildman–Crippen MR) is 42.4 cm³/mol. The van der Waals surface area contributed by atoms with Crippen molar-refractivity contribution in [2.45, 2.75) is 13.8 Å². The van der Waals surface area contributed by atoms with Gasteiger partial charge in [0, 0.05) is 11.4 Å². The zero-order valence-corrected chi connectivity index (χ0v) is 6.61. The van der Waals surface area contributed by atoms with Gasteiger partial charge >= 0.3 is 0 Å². The second-order valence-corrected chi connectivity index (χ2v) is 2.03. The van der Waals surface area contributed by atoms with Crippen molar-refractivity contribution in [1.82, 2.24) is 4.98 Å². The quantitative estimate of drug-likeness (QED) is 0.573. The molecule has 0 fully saturated rings. The van der Waals surface area contributed by atoms with Crippen LogP contribution in [0.15, 0.2) is 18.2 Å². The molecule has 1 aromatic heterocycles. The number of aromatic nitrogens is 1. The number of hydrogen-bond donors (Lipinski definition) is 1. The molecule has 3 heteroatoms. The summed E-state index contributed by atoms with van der Waals surface area (Å²) in [4.78, 5) is 12.5. The molecule has 0 aliphatic carbocycles. The lowest BCUT2D eigenvalue weighted by molar-refractivity contribution is -0.122. The van der Waals surface area contributed by atoms with Crippen LogP contribution in [0.25, 0.3) is 0 Å². The first-order chi connectivity index (χ1) is 5.20. The summed E-state index contributed by atoms with van der Waals surface area (Å²) < 4.78 is 0. The van der Waals surface area contributed by atoms with E-state index in [2.05, 4.69) is 4.98 Å². The van der Waals surface area contributed by atoms with Gasteiger partial charge in [0.15, 0.2) is 0 Å². The summed E-state index contributed by atoms with van der Waals surface area (Å²) in [7, 11) is 0. The van der Waals surface area contributed by atoms with Crippen LogP contribution in [0.3, 0.4) is 0 Å². The first-order valence-corrected chi connectivity index (χ1v) is 3.19. The van der Waals surface area contributed by atoms with E-state index in [9.17, 15) is 0 Å². The van der Waals surface area contributed by atoms with E-state index in [1.807, 2.05) is 32.0 Å². The van der Waals surface area contributed by atoms with Gasteiger partial charge < -0.3 is 5.11 Å². The molecule has 1 heterocycles. The number of carbonyl (C=O) groups is 1. The van der Waals surface area contributed by atoms with Gasteiger partial charge in [0.2, 0.25) is 0 Å². The molecular formula is C8H11NO2. The van der Waals surface area contributed by atoms with Gasteiger partial charge in [-0.3, -0.25) is 9.78 Å². The fourth-order valence-corrected chi connectivity index (χ4v) is 0.679. The molecule has 0 bridgehead atoms. The minimum atomic E-state index is -0.250. The summed E-state index contributed by atoms with van der Waals surface area (Å²) in [5, 5.41) is 6.89. The summed E-state index contributed by atoms with van der Waals surface area (Å²) in [6.07, 6.45) is 0. The van der Waals surface area contributed by atoms with E-state index in [1.165, 1.54) is 0 Å². The van der Waals surface area contributed by atoms with E-state index in [0.29, 0.717) is 0 Å². The average molecular weight is 153 g/mol. The van der Waals surface area contributed by atoms with E-state index in [-0.39, 0.29) is 6.47 Å². The van der Waals surface area contributed by atoms with Crippen LogP contribution < -0.4 is 0 Å². The third-order valence-corrected chi connectivity index (χ3v) is 1.03. The maximum atomic E-state index is 8.36. The van der Waals surface area contributed by atoms with Crippen LogP contribution in [-0.4, -0.2) is 16.6 Å². The third-order valence-electron chi connectivity index (χ3n) is 1.03. The van der Waals surface area contributed by atoms with Crippen LogP contribution in [0.2, 0.25) is 0 Å². The lowest BCUT2D eigenvalue weighted by Crippen LogP contribution is -1.81. The third kappa shape index (κ3) is 5.08. The van der Waals surface area contributed by atoms with Crippen LogP contribution in [0.4, 0.5) is 0 Å². The largest absolute Gasteiger partial charge is 0.483 e. The second-order valence-electron chi connectivity index (χ2n) is 2.03. The minimum absolute atomic E-state index is 0.250. The molecule has 1 rings (SSSR count). The molecule has 0 spiro atoms. The van der Waals surface area contributed by atoms with Crippen molar-refractivity contribution in [2.24, 2.45) is 0 Å². The Morgan fingerprint density at radius 2 is 1.73 bits per heavy atom. The number of pyridine rings is 1. The Kier molecular flexibility index (Phi) is 4.73. The standard InChI is InChI=1S/C7H9N.CH2O2/c1-6-4-3-5-7(2)8-6;2-1-3/h3-5H,1-2H3;1H,(H,2,3). The van der Waals surface area contributed by atoms with E-state index < -0.39 is 0 Å². The van der Waals surface area contributed by atoms with Crippen LogP contribution >= 0.6 is 0 Å². The van der Waals surface area contributed by atoms with Gasteiger partial charge in [0.1, 0.15) is 0 Å². The Hall–Kier alpha value is -1.38. The van der Waals surface area contributed by atoms with Crippen LogP contribution in [0, 0.1) is 13.8 Å². The first kappa shape index (κ1) is 9.62. The molecule has 0 unspecified atom stereocenters. The molecular weight excluding hydrogens is 142 g/mol. The molecule has 0 atom stereocenters. The van der Waals surface area contributed by atoms with E-state index in [0.717, 1.165) is 11.4 Å². The van der Waals surface area contributed by atoms with Crippen LogP contribution in [0.5, 0.6) is 0 Å². The molecule has 0 aliphatic rings. The van der Waals surface area contributed by atoms with Crippen molar-refractivity contribution in [2.75, 3.05) is 0 Å². The molecule has 0 amide bonds. The highest BCUT2D eigenvalue weighted by Crippen LogP contribution is 1.93. The molecule has 0 aliphatic heterocycles. The van der Waals surface area contributed by atoms with Crippen molar-refractivity contribution in [1.29, 1.82) is 0 Å². The molecule has 0 radical (unpaired) electrons. The van der Waals surface area contributed by atoms with E-state index in [4.69, 9.17) is 9.90 Å². The monoisotopic (exact) mass is 153 g/mol. The van der Waals surface area contributed by atoms with Crippen molar-refractivity contribution < 1.29 is 9.90 Å². The molecule has 0 saturated carbocycles. The lowest BCUT2D eigenvalue weighted by Gasteiger charge is -1.90. The molecule has 1 N–H and O–H groups in total. The van der Waals surface area contributed by atoms with Gasteiger partial charge in [-0.05, 0) is 26.0 Å². The topological polar surface area (TPSA) is 50.2 Å². The summed E-state index contributed by atoms with van der Waals surface area (Å²) in [6, 6.07) is 6.00. The van der Waals surface area contributed by atoms with Crippen molar-refractivity contribution in [3.8, 4) is 0 Å². The summed E-state index contributed by atoms with van der Waals surface area (Å²) in [5.74, 6) is 0. The highest BCUT2D eigenvalue weighted by atomic mass is 16.3. The van der Waals surface area contributed by atoms with Crippen molar-refractivity contribution >= 4 is 6.47 Å². The zero-order valence-electron chi connectivity index (χ0n) is 6.61. The maximum absolute atomic E-state index is 8.36. The normalized spacial score (nSPS) is 7.82. The number of hydrogen-bond acceptors (Lipinski definition) is 2.